The van der Waals surface area contributed by atoms with Crippen molar-refractivity contribution in [2.75, 3.05) is 41.0 Å². The van der Waals surface area contributed by atoms with Gasteiger partial charge in [0, 0.05) is 25.8 Å². The second-order valence-electron chi connectivity index (χ2n) is 8.58. The summed E-state index contributed by atoms with van der Waals surface area (Å²) >= 11 is 5.78. The van der Waals surface area contributed by atoms with Gasteiger partial charge in [-0.1, -0.05) is 11.6 Å². The number of thiocarbonyl (C=S) groups is 1. The lowest BCUT2D eigenvalue weighted by molar-refractivity contribution is 0.202. The van der Waals surface area contributed by atoms with Gasteiger partial charge in [0.2, 0.25) is 0 Å². The monoisotopic (exact) mass is 481 g/mol. The number of fused-ring (bicyclic) bond motifs is 2. The number of nitrogens with zero attached hydrogens (tertiary/aromatic N) is 1. The summed E-state index contributed by atoms with van der Waals surface area (Å²) in [5.41, 5.74) is 5.65. The summed E-state index contributed by atoms with van der Waals surface area (Å²) in [5.74, 6) is 1.29. The fourth-order valence-electron chi connectivity index (χ4n) is 4.77. The number of aromatic nitrogens is 1. The highest BCUT2D eigenvalue weighted by atomic mass is 32.1. The molecule has 1 unspecified atom stereocenters. The smallest absolute Gasteiger partial charge is 0.254 e. The molecule has 8 heteroatoms. The van der Waals surface area contributed by atoms with Crippen LogP contribution in [0.4, 0.5) is 0 Å². The molecule has 0 spiro atoms. The van der Waals surface area contributed by atoms with Gasteiger partial charge in [-0.25, -0.2) is 0 Å². The first-order chi connectivity index (χ1) is 16.4. The van der Waals surface area contributed by atoms with E-state index in [9.17, 15) is 4.79 Å². The molecule has 0 radical (unpaired) electrons. The minimum absolute atomic E-state index is 0.128. The predicted octanol–water partition coefficient (Wildman–Crippen LogP) is 3.63. The molecule has 3 aromatic rings. The van der Waals surface area contributed by atoms with E-state index in [1.54, 1.807) is 21.3 Å². The van der Waals surface area contributed by atoms with Gasteiger partial charge in [0.05, 0.1) is 32.4 Å². The molecule has 34 heavy (non-hydrogen) atoms. The van der Waals surface area contributed by atoms with Crippen LogP contribution in [0, 0.1) is 13.8 Å². The highest BCUT2D eigenvalue weighted by molar-refractivity contribution is 7.80. The van der Waals surface area contributed by atoms with Crippen molar-refractivity contribution in [3.63, 3.8) is 0 Å². The van der Waals surface area contributed by atoms with Crippen LogP contribution in [0.2, 0.25) is 0 Å². The molecule has 1 aliphatic rings. The molecule has 4 rings (SSSR count). The number of hydrogen-bond acceptors (Lipinski definition) is 5. The van der Waals surface area contributed by atoms with Crippen molar-refractivity contribution < 1.29 is 14.2 Å². The number of hydrogen-bond donors (Lipinski definition) is 2. The largest absolute Gasteiger partial charge is 0.493 e. The Hall–Kier alpha value is -3.10. The molecule has 180 valence electrons. The van der Waals surface area contributed by atoms with E-state index in [0.717, 1.165) is 39.6 Å². The minimum atomic E-state index is -0.375. The Balaban J connectivity index is 1.90. The maximum Gasteiger partial charge on any atom is 0.254 e. The lowest BCUT2D eigenvalue weighted by Gasteiger charge is -2.39. The summed E-state index contributed by atoms with van der Waals surface area (Å²) in [6.45, 7) is 5.86. The number of aromatic amines is 1. The number of pyridine rings is 1. The number of nitrogens with one attached hydrogen (secondary N) is 2. The number of rotatable bonds is 6. The van der Waals surface area contributed by atoms with Gasteiger partial charge in [-0.15, -0.1) is 0 Å². The van der Waals surface area contributed by atoms with Gasteiger partial charge in [0.25, 0.3) is 5.56 Å². The average Bonchev–Trinajstić information content (AvgIpc) is 2.82. The van der Waals surface area contributed by atoms with Crippen LogP contribution in [-0.4, -0.2) is 56.0 Å². The zero-order valence-corrected chi connectivity index (χ0v) is 21.1. The zero-order valence-electron chi connectivity index (χ0n) is 20.3. The van der Waals surface area contributed by atoms with E-state index in [-0.39, 0.29) is 11.6 Å². The first kappa shape index (κ1) is 24.0. The number of methoxy groups -OCH3 is 3. The SMILES string of the molecule is COCCNC(=S)N1CCc2cc(OC)c(OC)cc2C1c1cc2cc(C)cc(C)c2[nH]c1=O. The van der Waals surface area contributed by atoms with E-state index in [1.165, 1.54) is 0 Å². The summed E-state index contributed by atoms with van der Waals surface area (Å²) in [5, 5.41) is 4.86. The van der Waals surface area contributed by atoms with Crippen LogP contribution < -0.4 is 20.3 Å². The number of H-pyrrole nitrogens is 1. The molecule has 0 aliphatic carbocycles. The molecule has 0 saturated heterocycles. The molecule has 0 fully saturated rings. The number of aryl methyl sites for hydroxylation is 2. The number of ether oxygens (including phenoxy) is 3. The third-order valence-electron chi connectivity index (χ3n) is 6.33. The summed E-state index contributed by atoms with van der Waals surface area (Å²) < 4.78 is 16.3. The third-order valence-corrected chi connectivity index (χ3v) is 6.71. The fraction of sp³-hybridized carbons (Fsp3) is 0.385. The van der Waals surface area contributed by atoms with Crippen molar-refractivity contribution in [1.82, 2.24) is 15.2 Å². The molecule has 2 heterocycles. The van der Waals surface area contributed by atoms with Crippen molar-refractivity contribution in [2.24, 2.45) is 0 Å². The third kappa shape index (κ3) is 4.48. The topological polar surface area (TPSA) is 75.8 Å². The molecule has 1 atom stereocenters. The van der Waals surface area contributed by atoms with Gasteiger partial charge in [0.1, 0.15) is 0 Å². The summed E-state index contributed by atoms with van der Waals surface area (Å²) in [7, 11) is 4.90. The second kappa shape index (κ2) is 10.0. The molecule has 2 N–H and O–H groups in total. The fourth-order valence-corrected chi connectivity index (χ4v) is 5.07. The molecule has 7 nitrogen and oxygen atoms in total. The average molecular weight is 482 g/mol. The molecule has 1 aromatic heterocycles. The van der Waals surface area contributed by atoms with E-state index in [0.29, 0.717) is 41.9 Å². The molecule has 1 aliphatic heterocycles. The van der Waals surface area contributed by atoms with Crippen molar-refractivity contribution in [2.45, 2.75) is 26.3 Å². The lowest BCUT2D eigenvalue weighted by Crippen LogP contribution is -2.47. The lowest BCUT2D eigenvalue weighted by atomic mass is 9.87. The van der Waals surface area contributed by atoms with Crippen LogP contribution in [0.5, 0.6) is 11.5 Å². The van der Waals surface area contributed by atoms with Crippen LogP contribution in [-0.2, 0) is 11.2 Å². The summed E-state index contributed by atoms with van der Waals surface area (Å²) in [6.07, 6.45) is 0.766. The number of benzene rings is 2. The highest BCUT2D eigenvalue weighted by Crippen LogP contribution is 2.40. The van der Waals surface area contributed by atoms with Crippen molar-refractivity contribution in [3.05, 3.63) is 68.5 Å². The van der Waals surface area contributed by atoms with Gasteiger partial charge in [0.15, 0.2) is 16.6 Å². The summed E-state index contributed by atoms with van der Waals surface area (Å²) in [4.78, 5) is 18.7. The van der Waals surface area contributed by atoms with Gasteiger partial charge in [-0.2, -0.15) is 0 Å². The van der Waals surface area contributed by atoms with Gasteiger partial charge in [-0.05, 0) is 78.8 Å². The van der Waals surface area contributed by atoms with Crippen molar-refractivity contribution in [3.8, 4) is 11.5 Å². The molecular formula is C26H31N3O4S. The quantitative estimate of drug-likeness (QED) is 0.411. The van der Waals surface area contributed by atoms with Crippen molar-refractivity contribution >= 4 is 28.2 Å². The van der Waals surface area contributed by atoms with Crippen LogP contribution >= 0.6 is 12.2 Å². The van der Waals surface area contributed by atoms with Gasteiger partial charge >= 0.3 is 0 Å². The van der Waals surface area contributed by atoms with E-state index < -0.39 is 0 Å². The Morgan fingerprint density at radius 2 is 1.82 bits per heavy atom. The maximum atomic E-state index is 13.5. The van der Waals surface area contributed by atoms with Gasteiger partial charge < -0.3 is 29.4 Å². The molecular weight excluding hydrogens is 450 g/mol. The Kier molecular flexibility index (Phi) is 7.09. The molecule has 0 amide bonds. The second-order valence-corrected chi connectivity index (χ2v) is 8.96. The summed E-state index contributed by atoms with van der Waals surface area (Å²) in [6, 6.07) is 9.76. The Morgan fingerprint density at radius 3 is 2.53 bits per heavy atom. The first-order valence-corrected chi connectivity index (χ1v) is 11.7. The standard InChI is InChI=1S/C26H31N3O4S/c1-15-10-16(2)23-18(11-15)12-20(25(30)28-23)24-19-14-22(33-5)21(32-4)13-17(19)6-8-29(24)26(34)27-7-9-31-3/h10-14,24H,6-9H2,1-5H3,(H,27,34)(H,28,30). The van der Waals surface area contributed by atoms with Crippen molar-refractivity contribution in [1.29, 1.82) is 0 Å². The zero-order chi connectivity index (χ0) is 24.4. The molecule has 0 saturated carbocycles. The van der Waals surface area contributed by atoms with E-state index in [2.05, 4.69) is 34.3 Å². The first-order valence-electron chi connectivity index (χ1n) is 11.3. The normalized spacial score (nSPS) is 15.2. The predicted molar refractivity (Wildman–Crippen MR) is 138 cm³/mol. The van der Waals surface area contributed by atoms with E-state index >= 15 is 0 Å². The Morgan fingerprint density at radius 1 is 1.09 bits per heavy atom. The minimum Gasteiger partial charge on any atom is -0.493 e. The Labute approximate surface area is 205 Å². The van der Waals surface area contributed by atoms with Crippen LogP contribution in [0.3, 0.4) is 0 Å². The van der Waals surface area contributed by atoms with E-state index in [1.807, 2.05) is 25.1 Å². The van der Waals surface area contributed by atoms with Gasteiger partial charge in [-0.3, -0.25) is 4.79 Å². The van der Waals surface area contributed by atoms with E-state index in [4.69, 9.17) is 26.4 Å². The maximum absolute atomic E-state index is 13.5. The molecule has 2 aromatic carbocycles. The van der Waals surface area contributed by atoms with Crippen LogP contribution in [0.25, 0.3) is 10.9 Å². The highest BCUT2D eigenvalue weighted by Gasteiger charge is 2.33. The molecule has 0 bridgehead atoms. The Bertz CT molecular complexity index is 1290. The van der Waals surface area contributed by atoms with Crippen LogP contribution in [0.15, 0.2) is 35.1 Å². The van der Waals surface area contributed by atoms with Crippen LogP contribution in [0.1, 0.15) is 33.9 Å².